The van der Waals surface area contributed by atoms with E-state index in [1.807, 2.05) is 0 Å². The van der Waals surface area contributed by atoms with Crippen LogP contribution in [0, 0.1) is 0 Å². The number of anilines is 1. The number of imide groups is 1. The van der Waals surface area contributed by atoms with Crippen molar-refractivity contribution >= 4 is 36.2 Å². The molecule has 0 saturated carbocycles. The van der Waals surface area contributed by atoms with Crippen LogP contribution in [-0.4, -0.2) is 120 Å². The number of aliphatic hydroxyl groups is 1. The molecule has 17 heteroatoms. The zero-order chi connectivity index (χ0) is 36.8. The Balaban J connectivity index is -0.000000674. The molecule has 6 N–H and O–H groups in total. The first-order valence-electron chi connectivity index (χ1n) is 16.4. The number of hydrogen-bond donors (Lipinski definition) is 5. The van der Waals surface area contributed by atoms with Gasteiger partial charge in [0, 0.05) is 63.7 Å². The predicted molar refractivity (Wildman–Crippen MR) is 186 cm³/mol. The summed E-state index contributed by atoms with van der Waals surface area (Å²) >= 11 is 0. The van der Waals surface area contributed by atoms with Crippen LogP contribution in [0.3, 0.4) is 0 Å². The number of rotatable bonds is 25. The molecule has 0 saturated heterocycles. The number of nitrogens with one attached hydrogen (secondary N) is 3. The van der Waals surface area contributed by atoms with Crippen LogP contribution in [0.1, 0.15) is 52.0 Å². The van der Waals surface area contributed by atoms with Gasteiger partial charge in [-0.05, 0) is 30.5 Å². The molecule has 16 nitrogen and oxygen atoms in total. The topological polar surface area (TPSA) is 222 Å². The molecule has 1 aromatic rings. The monoisotopic (exact) mass is 786 g/mol. The van der Waals surface area contributed by atoms with Crippen molar-refractivity contribution in [3.8, 4) is 0 Å². The number of benzene rings is 1. The molecule has 0 unspecified atom stereocenters. The minimum absolute atomic E-state index is 0. The third-order valence-corrected chi connectivity index (χ3v) is 5.57. The van der Waals surface area contributed by atoms with Crippen LogP contribution in [0.2, 0.25) is 0 Å². The van der Waals surface area contributed by atoms with Gasteiger partial charge in [0.2, 0.25) is 18.7 Å². The molecule has 1 heterocycles. The molecule has 0 bridgehead atoms. The maximum Gasteiger partial charge on any atom is 0.253 e. The minimum atomic E-state index is -0.287. The number of unbranched alkanes of at least 4 members (excludes halogenated alkanes) is 1. The molecule has 1 aliphatic heterocycles. The van der Waals surface area contributed by atoms with Crippen LogP contribution >= 0.6 is 0 Å². The molecular weight excluding hydrogens is 729 g/mol. The van der Waals surface area contributed by atoms with Gasteiger partial charge in [0.15, 0.2) is 0 Å². The van der Waals surface area contributed by atoms with Crippen molar-refractivity contribution in [3.05, 3.63) is 47.4 Å². The van der Waals surface area contributed by atoms with E-state index < -0.39 is 0 Å². The predicted octanol–water partition coefficient (Wildman–Crippen LogP) is 1.43. The van der Waals surface area contributed by atoms with Crippen LogP contribution < -0.4 is 21.8 Å². The van der Waals surface area contributed by atoms with Crippen molar-refractivity contribution in [1.82, 2.24) is 15.5 Å². The number of nitrogens with zero attached hydrogens (tertiary/aromatic N) is 2. The molecule has 5 amide bonds. The molecule has 1 aromatic carbocycles. The Hall–Kier alpha value is -2.67. The molecule has 1 aliphatic rings. The smallest absolute Gasteiger partial charge is 0.253 e. The first-order valence-corrected chi connectivity index (χ1v) is 16.4. The number of ether oxygens (including phenoxy) is 4. The maximum absolute atomic E-state index is 11.2. The van der Waals surface area contributed by atoms with Gasteiger partial charge in [-0.15, -0.1) is 6.54 Å². The van der Waals surface area contributed by atoms with Gasteiger partial charge in [0.05, 0.1) is 65.9 Å². The molecule has 0 spiro atoms. The molecule has 0 atom stereocenters. The van der Waals surface area contributed by atoms with Crippen LogP contribution in [0.15, 0.2) is 36.4 Å². The quantitative estimate of drug-likeness (QED) is 0.0314. The van der Waals surface area contributed by atoms with E-state index in [4.69, 9.17) is 29.9 Å². The summed E-state index contributed by atoms with van der Waals surface area (Å²) in [6, 6.07) is 6.98. The van der Waals surface area contributed by atoms with Gasteiger partial charge in [0.1, 0.15) is 0 Å². The summed E-state index contributed by atoms with van der Waals surface area (Å²) in [4.78, 5) is 54.3. The molecule has 0 aliphatic carbocycles. The first-order chi connectivity index (χ1) is 23.8. The second-order valence-corrected chi connectivity index (χ2v) is 9.90. The van der Waals surface area contributed by atoms with Crippen LogP contribution in [0.5, 0.6) is 0 Å². The van der Waals surface area contributed by atoms with E-state index in [1.54, 1.807) is 24.3 Å². The van der Waals surface area contributed by atoms with E-state index in [9.17, 15) is 24.0 Å². The second-order valence-electron chi connectivity index (χ2n) is 9.90. The summed E-state index contributed by atoms with van der Waals surface area (Å²) in [5.41, 5.74) is 5.00. The van der Waals surface area contributed by atoms with Crippen LogP contribution in [0.4, 0.5) is 5.69 Å². The largest absolute Gasteiger partial charge is 0.600 e. The summed E-state index contributed by atoms with van der Waals surface area (Å²) in [6.07, 6.45) is 7.60. The number of carbonyl (C=O) groups is 5. The Morgan fingerprint density at radius 3 is 1.82 bits per heavy atom. The summed E-state index contributed by atoms with van der Waals surface area (Å²) in [5.74, 6) is 4.17. The van der Waals surface area contributed by atoms with Crippen molar-refractivity contribution in [3.63, 3.8) is 0 Å². The molecule has 0 aromatic heterocycles. The maximum atomic E-state index is 11.2. The van der Waals surface area contributed by atoms with Crippen molar-refractivity contribution in [1.29, 1.82) is 0 Å². The Kier molecular flexibility index (Phi) is 42.1. The number of carbonyl (C=O) groups excluding carboxylic acids is 5. The van der Waals surface area contributed by atoms with Crippen LogP contribution in [-0.2, 0) is 82.2 Å². The Morgan fingerprint density at radius 1 is 0.840 bits per heavy atom. The molecule has 50 heavy (non-hydrogen) atoms. The number of aliphatic hydroxyl groups excluding tert-OH is 1. The van der Waals surface area contributed by atoms with Crippen molar-refractivity contribution in [2.24, 2.45) is 5.84 Å². The minimum Gasteiger partial charge on any atom is -0.600 e. The first kappa shape index (κ1) is 51.7. The third-order valence-electron chi connectivity index (χ3n) is 5.57. The summed E-state index contributed by atoms with van der Waals surface area (Å²) < 4.78 is 21.2. The number of amides is 5. The fourth-order valence-electron chi connectivity index (χ4n) is 3.24. The number of hydrogen-bond acceptors (Lipinski definition) is 11. The van der Waals surface area contributed by atoms with E-state index in [1.165, 1.54) is 18.6 Å². The zero-order valence-electron chi connectivity index (χ0n) is 29.8. The van der Waals surface area contributed by atoms with Crippen molar-refractivity contribution in [2.75, 3.05) is 84.4 Å². The van der Waals surface area contributed by atoms with Gasteiger partial charge in [-0.3, -0.25) is 28.9 Å². The Morgan fingerprint density at radius 2 is 1.36 bits per heavy atom. The normalized spacial score (nSPS) is 11.1. The third kappa shape index (κ3) is 33.8. The van der Waals surface area contributed by atoms with Crippen molar-refractivity contribution in [2.45, 2.75) is 53.1 Å². The molecule has 2 rings (SSSR count). The fraction of sp³-hybridized carbons (Fsp3) is 0.606. The van der Waals surface area contributed by atoms with E-state index in [0.29, 0.717) is 72.2 Å². The van der Waals surface area contributed by atoms with Crippen molar-refractivity contribution < 1.29 is 80.7 Å². The summed E-state index contributed by atoms with van der Waals surface area (Å²) in [6.45, 7) is 12.0. The average molecular weight is 787 g/mol. The van der Waals surface area contributed by atoms with Gasteiger partial charge in [-0.25, -0.2) is 0 Å². The van der Waals surface area contributed by atoms with Gasteiger partial charge < -0.3 is 51.3 Å². The Labute approximate surface area is 321 Å². The Bertz CT molecular complexity index is 988. The average Bonchev–Trinajstić information content (AvgIpc) is 3.43. The zero-order valence-corrected chi connectivity index (χ0v) is 32.6. The van der Waals surface area contributed by atoms with E-state index in [2.05, 4.69) is 42.1 Å². The van der Waals surface area contributed by atoms with E-state index in [0.717, 1.165) is 42.0 Å². The molecular formula is C33H57N6O10Y-. The van der Waals surface area contributed by atoms with Gasteiger partial charge >= 0.3 is 0 Å². The summed E-state index contributed by atoms with van der Waals surface area (Å²) in [5, 5.41) is 16.1. The van der Waals surface area contributed by atoms with E-state index >= 15 is 0 Å². The summed E-state index contributed by atoms with van der Waals surface area (Å²) in [7, 11) is 0. The molecule has 283 valence electrons. The fourth-order valence-corrected chi connectivity index (χ4v) is 3.24. The molecule has 0 fully saturated rings. The SMILES string of the molecule is CCC.CCCOCCOCCOCCOCCN1C(=O)C=CC1=O.N[N-]CCCCNC(=O)CNC=O.O=CNc1ccc(CO)cc1.[Y]. The van der Waals surface area contributed by atoms with Gasteiger partial charge in [0.25, 0.3) is 11.8 Å². The number of nitrogens with two attached hydrogens (primary N) is 1. The molecule has 1 radical (unpaired) electrons. The van der Waals surface area contributed by atoms with Gasteiger partial charge in [-0.2, -0.15) is 0 Å². The standard InChI is InChI=1S/C15H25NO6.C8H9NO2.C7H15N4O2.C3H8.Y/c1-2-6-19-8-10-21-12-13-22-11-9-20-7-5-16-14(17)3-4-15(16)18;10-5-7-1-3-8(4-2-7)9-6-11;8-11-4-2-1-3-10-7(13)5-9-6-12;1-3-2;/h3-4H,2,5-13H2,1H3;1-4,6,10H,5H2,(H,9,11);6H,1-5,8H2,(H,9,12)(H,10,13);3H2,1-2H3;/q;;-1;;. The second kappa shape index (κ2) is 40.8. The van der Waals surface area contributed by atoms with Gasteiger partial charge in [-0.1, -0.05) is 45.7 Å². The van der Waals surface area contributed by atoms with E-state index in [-0.39, 0.29) is 70.1 Å². The van der Waals surface area contributed by atoms with Crippen LogP contribution in [0.25, 0.3) is 5.43 Å².